The first-order valence-electron chi connectivity index (χ1n) is 16.2. The van der Waals surface area contributed by atoms with Crippen molar-refractivity contribution in [3.63, 3.8) is 0 Å². The second kappa shape index (κ2) is 14.4. The van der Waals surface area contributed by atoms with Crippen molar-refractivity contribution in [1.29, 1.82) is 0 Å². The van der Waals surface area contributed by atoms with Crippen molar-refractivity contribution >= 4 is 11.6 Å². The van der Waals surface area contributed by atoms with Gasteiger partial charge < -0.3 is 24.6 Å². The molecule has 0 fully saturated rings. The minimum absolute atomic E-state index is 0.0108. The molecule has 0 radical (unpaired) electrons. The maximum atomic E-state index is 14.4. The molecule has 2 aromatic carbocycles. The van der Waals surface area contributed by atoms with Gasteiger partial charge >= 0.3 is 0 Å². The highest BCUT2D eigenvalue weighted by Gasteiger charge is 2.52. The first kappa shape index (κ1) is 34.1. The molecule has 0 bridgehead atoms. The SMILES string of the molecule is COc1cccn(-c2cccc(CN3C(=O)[C@@](O)([C@@H](C)/C=C/CCn4cc(CCO)nn4)c4cc(-n5cccc(OC)c5=O)ccc43)c2)c1=O. The van der Waals surface area contributed by atoms with Crippen LogP contribution in [0.15, 0.2) is 107 Å². The maximum absolute atomic E-state index is 14.4. The zero-order valence-corrected chi connectivity index (χ0v) is 28.0. The van der Waals surface area contributed by atoms with E-state index in [-0.39, 0.29) is 35.8 Å². The summed E-state index contributed by atoms with van der Waals surface area (Å²) in [6, 6.07) is 18.9. The van der Waals surface area contributed by atoms with E-state index in [0.717, 1.165) is 5.56 Å². The Labute approximate surface area is 287 Å². The number of carbonyl (C=O) groups is 1. The van der Waals surface area contributed by atoms with Crippen LogP contribution < -0.4 is 25.5 Å². The van der Waals surface area contributed by atoms with E-state index in [1.165, 1.54) is 28.3 Å². The van der Waals surface area contributed by atoms with Gasteiger partial charge in [-0.1, -0.05) is 36.4 Å². The number of anilines is 1. The number of hydrogen-bond donors (Lipinski definition) is 2. The summed E-state index contributed by atoms with van der Waals surface area (Å²) in [6.07, 6.45) is 9.69. The summed E-state index contributed by atoms with van der Waals surface area (Å²) >= 11 is 0. The highest BCUT2D eigenvalue weighted by molar-refractivity contribution is 6.07. The summed E-state index contributed by atoms with van der Waals surface area (Å²) < 4.78 is 15.0. The van der Waals surface area contributed by atoms with Crippen LogP contribution in [-0.4, -0.2) is 61.1 Å². The fourth-order valence-electron chi connectivity index (χ4n) is 6.22. The summed E-state index contributed by atoms with van der Waals surface area (Å²) in [6.45, 7) is 2.39. The number of carbonyl (C=O) groups excluding carboxylic acids is 1. The van der Waals surface area contributed by atoms with Crippen molar-refractivity contribution in [2.75, 3.05) is 25.7 Å². The number of rotatable bonds is 13. The Morgan fingerprint density at radius 1 is 0.900 bits per heavy atom. The number of methoxy groups -OCH3 is 2. The molecule has 6 rings (SSSR count). The van der Waals surface area contributed by atoms with E-state index in [9.17, 15) is 19.5 Å². The third-order valence-electron chi connectivity index (χ3n) is 8.89. The third-order valence-corrected chi connectivity index (χ3v) is 8.89. The van der Waals surface area contributed by atoms with Gasteiger partial charge in [-0.2, -0.15) is 0 Å². The number of aryl methyl sites for hydroxylation is 1. The van der Waals surface area contributed by atoms with Gasteiger partial charge in [0.2, 0.25) is 0 Å². The summed E-state index contributed by atoms with van der Waals surface area (Å²) in [5, 5.41) is 29.7. The fraction of sp³-hybridized carbons (Fsp3) is 0.270. The Kier molecular flexibility index (Phi) is 9.79. The minimum Gasteiger partial charge on any atom is -0.491 e. The average molecular weight is 679 g/mol. The number of aliphatic hydroxyl groups is 2. The molecule has 13 nitrogen and oxygen atoms in total. The van der Waals surface area contributed by atoms with Crippen LogP contribution >= 0.6 is 0 Å². The van der Waals surface area contributed by atoms with E-state index in [1.807, 2.05) is 18.2 Å². The molecule has 1 amide bonds. The van der Waals surface area contributed by atoms with E-state index in [4.69, 9.17) is 14.6 Å². The van der Waals surface area contributed by atoms with Crippen molar-refractivity contribution in [2.45, 2.75) is 38.5 Å². The van der Waals surface area contributed by atoms with Crippen LogP contribution in [0.25, 0.3) is 11.4 Å². The number of allylic oxidation sites excluding steroid dienone is 1. The zero-order valence-electron chi connectivity index (χ0n) is 28.0. The van der Waals surface area contributed by atoms with E-state index in [0.29, 0.717) is 47.7 Å². The Morgan fingerprint density at radius 2 is 1.58 bits per heavy atom. The second-order valence-electron chi connectivity index (χ2n) is 12.0. The van der Waals surface area contributed by atoms with Crippen LogP contribution in [0.2, 0.25) is 0 Å². The number of benzene rings is 2. The van der Waals surface area contributed by atoms with Crippen molar-refractivity contribution in [3.05, 3.63) is 135 Å². The lowest BCUT2D eigenvalue weighted by atomic mass is 9.82. The van der Waals surface area contributed by atoms with Crippen LogP contribution in [0, 0.1) is 5.92 Å². The predicted octanol–water partition coefficient (Wildman–Crippen LogP) is 3.15. The largest absolute Gasteiger partial charge is 0.491 e. The average Bonchev–Trinajstić information content (AvgIpc) is 3.66. The molecular weight excluding hydrogens is 640 g/mol. The molecule has 0 spiro atoms. The molecule has 2 atom stereocenters. The summed E-state index contributed by atoms with van der Waals surface area (Å²) in [7, 11) is 2.86. The van der Waals surface area contributed by atoms with Crippen LogP contribution in [-0.2, 0) is 29.9 Å². The molecule has 1 aliphatic heterocycles. The molecule has 50 heavy (non-hydrogen) atoms. The first-order valence-corrected chi connectivity index (χ1v) is 16.2. The lowest BCUT2D eigenvalue weighted by Gasteiger charge is -2.28. The molecule has 0 saturated carbocycles. The second-order valence-corrected chi connectivity index (χ2v) is 12.0. The molecule has 5 aromatic rings. The van der Waals surface area contributed by atoms with E-state index in [2.05, 4.69) is 10.3 Å². The van der Waals surface area contributed by atoms with E-state index in [1.54, 1.807) is 90.9 Å². The molecule has 13 heteroatoms. The normalized spacial score (nSPS) is 16.2. The van der Waals surface area contributed by atoms with Gasteiger partial charge in [-0.3, -0.25) is 28.2 Å². The topological polar surface area (TPSA) is 154 Å². The third kappa shape index (κ3) is 6.35. The summed E-state index contributed by atoms with van der Waals surface area (Å²) in [4.78, 5) is 42.0. The molecule has 2 N–H and O–H groups in total. The first-order chi connectivity index (χ1) is 24.2. The molecule has 0 aliphatic carbocycles. The Hall–Kier alpha value is -5.79. The molecule has 1 aliphatic rings. The van der Waals surface area contributed by atoms with Gasteiger partial charge in [0.15, 0.2) is 17.1 Å². The van der Waals surface area contributed by atoms with Crippen molar-refractivity contribution < 1.29 is 24.5 Å². The quantitative estimate of drug-likeness (QED) is 0.179. The lowest BCUT2D eigenvalue weighted by molar-refractivity contribution is -0.139. The Balaban J connectivity index is 1.35. The van der Waals surface area contributed by atoms with Gasteiger partial charge in [0, 0.05) is 61.0 Å². The molecular formula is C37H38N6O7. The number of aromatic nitrogens is 5. The maximum Gasteiger partial charge on any atom is 0.297 e. The van der Waals surface area contributed by atoms with Gasteiger partial charge in [0.05, 0.1) is 32.1 Å². The number of nitrogens with zero attached hydrogens (tertiary/aromatic N) is 6. The van der Waals surface area contributed by atoms with Gasteiger partial charge in [-0.25, -0.2) is 0 Å². The van der Waals surface area contributed by atoms with Gasteiger partial charge in [-0.15, -0.1) is 5.10 Å². The number of pyridine rings is 2. The number of fused-ring (bicyclic) bond motifs is 1. The Bertz CT molecular complexity index is 2170. The smallest absolute Gasteiger partial charge is 0.297 e. The number of aliphatic hydroxyl groups excluding tert-OH is 1. The predicted molar refractivity (Wildman–Crippen MR) is 186 cm³/mol. The standard InChI is InChI=1S/C37H38N6O7/c1-25(9-4-5-17-40-24-27(16-20-44)38-39-40)37(48)30-22-29(42-19-8-13-33(50-3)35(42)46)14-15-31(30)43(36(37)47)23-26-10-6-11-28(21-26)41-18-7-12-32(49-2)34(41)45/h4,6-15,18-19,21-22,24-25,44,48H,5,16-17,20,23H2,1-3H3/b9-4+/t25-,37+/m0/s1. The molecule has 258 valence electrons. The van der Waals surface area contributed by atoms with Crippen LogP contribution in [0.1, 0.15) is 30.2 Å². The van der Waals surface area contributed by atoms with Crippen LogP contribution in [0.5, 0.6) is 11.5 Å². The lowest BCUT2D eigenvalue weighted by Crippen LogP contribution is -2.44. The molecule has 4 heterocycles. The highest BCUT2D eigenvalue weighted by Crippen LogP contribution is 2.46. The number of hydrogen-bond acceptors (Lipinski definition) is 9. The van der Waals surface area contributed by atoms with Gasteiger partial charge in [-0.05, 0) is 66.6 Å². The Morgan fingerprint density at radius 3 is 2.24 bits per heavy atom. The van der Waals surface area contributed by atoms with E-state index < -0.39 is 17.4 Å². The minimum atomic E-state index is -1.97. The number of ether oxygens (including phenoxy) is 2. The monoisotopic (exact) mass is 678 g/mol. The summed E-state index contributed by atoms with van der Waals surface area (Å²) in [5.74, 6) is -0.831. The molecule has 0 saturated heterocycles. The van der Waals surface area contributed by atoms with Crippen LogP contribution in [0.4, 0.5) is 5.69 Å². The summed E-state index contributed by atoms with van der Waals surface area (Å²) in [5.41, 5.74) is 0.663. The van der Waals surface area contributed by atoms with Crippen molar-refractivity contribution in [1.82, 2.24) is 24.1 Å². The highest BCUT2D eigenvalue weighted by atomic mass is 16.5. The van der Waals surface area contributed by atoms with Gasteiger partial charge in [0.1, 0.15) is 0 Å². The van der Waals surface area contributed by atoms with E-state index >= 15 is 0 Å². The zero-order chi connectivity index (χ0) is 35.4. The molecule has 3 aromatic heterocycles. The number of amides is 1. The molecule has 0 unspecified atom stereocenters. The van der Waals surface area contributed by atoms with Crippen molar-refractivity contribution in [3.8, 4) is 22.9 Å². The van der Waals surface area contributed by atoms with Crippen molar-refractivity contribution in [2.24, 2.45) is 5.92 Å². The van der Waals surface area contributed by atoms with Crippen LogP contribution in [0.3, 0.4) is 0 Å². The fourth-order valence-corrected chi connectivity index (χ4v) is 6.22. The van der Waals surface area contributed by atoms with Gasteiger partial charge in [0.25, 0.3) is 17.0 Å².